The maximum absolute atomic E-state index is 12.4. The van der Waals surface area contributed by atoms with Gasteiger partial charge in [0, 0.05) is 6.54 Å². The van der Waals surface area contributed by atoms with Gasteiger partial charge in [-0.1, -0.05) is 38.1 Å². The monoisotopic (exact) mass is 431 g/mol. The van der Waals surface area contributed by atoms with Crippen LogP contribution in [0.15, 0.2) is 51.6 Å². The second kappa shape index (κ2) is 9.01. The number of benzene rings is 1. The Morgan fingerprint density at radius 3 is 2.78 bits per heavy atom. The lowest BCUT2D eigenvalue weighted by Crippen LogP contribution is -2.23. The molecule has 2 heterocycles. The highest BCUT2D eigenvalue weighted by Gasteiger charge is 2.18. The Morgan fingerprint density at radius 2 is 2.07 bits per heavy atom. The molecule has 0 saturated heterocycles. The van der Waals surface area contributed by atoms with Crippen LogP contribution < -0.4 is 5.32 Å². The first-order valence-electron chi connectivity index (χ1n) is 8.74. The molecule has 0 radical (unpaired) electrons. The Labute approximate surface area is 166 Å². The summed E-state index contributed by atoms with van der Waals surface area (Å²) in [6.07, 6.45) is 1.63. The van der Waals surface area contributed by atoms with E-state index in [2.05, 4.69) is 31.4 Å². The molecule has 6 nitrogen and oxygen atoms in total. The molecular weight excluding hydrogens is 410 g/mol. The molecule has 7 heteroatoms. The Kier molecular flexibility index (Phi) is 6.47. The van der Waals surface area contributed by atoms with Gasteiger partial charge in [-0.25, -0.2) is 0 Å². The van der Waals surface area contributed by atoms with E-state index in [4.69, 9.17) is 9.15 Å². The van der Waals surface area contributed by atoms with Crippen molar-refractivity contribution in [2.45, 2.75) is 39.5 Å². The summed E-state index contributed by atoms with van der Waals surface area (Å²) in [5.74, 6) is 0.833. The molecule has 2 aromatic heterocycles. The highest BCUT2D eigenvalue weighted by molar-refractivity contribution is 9.10. The summed E-state index contributed by atoms with van der Waals surface area (Å²) in [4.78, 5) is 12.4. The third-order valence-corrected chi connectivity index (χ3v) is 4.87. The molecule has 2 N–H and O–H groups in total. The van der Waals surface area contributed by atoms with Crippen LogP contribution in [0.5, 0.6) is 0 Å². The topological polar surface area (TPSA) is 80.2 Å². The number of carbonyl (C=O) groups excluding carboxylic acids is 1. The smallest absolute Gasteiger partial charge is 0.273 e. The summed E-state index contributed by atoms with van der Waals surface area (Å²) in [6.45, 7) is 5.41. The third-order valence-electron chi connectivity index (χ3n) is 4.06. The minimum absolute atomic E-state index is 0.218. The molecule has 0 aliphatic rings. The predicted octanol–water partition coefficient (Wildman–Crippen LogP) is 4.54. The summed E-state index contributed by atoms with van der Waals surface area (Å²) in [5.41, 5.74) is 3.32. The van der Waals surface area contributed by atoms with Gasteiger partial charge < -0.3 is 14.5 Å². The van der Waals surface area contributed by atoms with Crippen molar-refractivity contribution in [1.82, 2.24) is 15.5 Å². The van der Waals surface area contributed by atoms with Crippen LogP contribution in [0.4, 0.5) is 0 Å². The molecule has 3 aromatic rings. The molecule has 142 valence electrons. The summed E-state index contributed by atoms with van der Waals surface area (Å²) in [7, 11) is 0. The molecule has 1 aromatic carbocycles. The molecular formula is C20H22BrN3O3. The van der Waals surface area contributed by atoms with E-state index in [0.717, 1.165) is 27.1 Å². The SMILES string of the molecule is CC(C)c1[nH]nc(C(=O)NCc2cccc(COCc3ccco3)c2)c1Br. The molecule has 0 atom stereocenters. The van der Waals surface area contributed by atoms with Gasteiger partial charge >= 0.3 is 0 Å². The van der Waals surface area contributed by atoms with Crippen molar-refractivity contribution in [3.8, 4) is 0 Å². The maximum atomic E-state index is 12.4. The first-order valence-corrected chi connectivity index (χ1v) is 9.53. The number of hydrogen-bond acceptors (Lipinski definition) is 4. The lowest BCUT2D eigenvalue weighted by Gasteiger charge is -2.07. The van der Waals surface area contributed by atoms with Crippen molar-refractivity contribution >= 4 is 21.8 Å². The zero-order valence-electron chi connectivity index (χ0n) is 15.3. The minimum atomic E-state index is -0.218. The molecule has 0 spiro atoms. The summed E-state index contributed by atoms with van der Waals surface area (Å²) in [5, 5.41) is 9.94. The average molecular weight is 432 g/mol. The van der Waals surface area contributed by atoms with Crippen molar-refractivity contribution in [2.24, 2.45) is 0 Å². The number of ether oxygens (including phenoxy) is 1. The largest absolute Gasteiger partial charge is 0.467 e. The van der Waals surface area contributed by atoms with E-state index >= 15 is 0 Å². The number of hydrogen-bond donors (Lipinski definition) is 2. The number of H-pyrrole nitrogens is 1. The van der Waals surface area contributed by atoms with Gasteiger partial charge in [-0.05, 0) is 45.1 Å². The van der Waals surface area contributed by atoms with Crippen molar-refractivity contribution in [1.29, 1.82) is 0 Å². The fourth-order valence-electron chi connectivity index (χ4n) is 2.63. The second-order valence-corrected chi connectivity index (χ2v) is 7.32. The first kappa shape index (κ1) is 19.4. The highest BCUT2D eigenvalue weighted by atomic mass is 79.9. The van der Waals surface area contributed by atoms with E-state index in [1.54, 1.807) is 6.26 Å². The minimum Gasteiger partial charge on any atom is -0.467 e. The number of furan rings is 1. The normalized spacial score (nSPS) is 11.1. The number of aromatic amines is 1. The summed E-state index contributed by atoms with van der Waals surface area (Å²) in [6, 6.07) is 11.6. The van der Waals surface area contributed by atoms with Gasteiger partial charge in [-0.3, -0.25) is 9.89 Å². The molecule has 0 unspecified atom stereocenters. The molecule has 0 fully saturated rings. The van der Waals surface area contributed by atoms with Crippen LogP contribution in [0.1, 0.15) is 52.8 Å². The standard InChI is InChI=1S/C20H22BrN3O3/c1-13(2)18-17(21)19(24-23-18)20(25)22-10-14-5-3-6-15(9-14)11-26-12-16-7-4-8-27-16/h3-9,13H,10-12H2,1-2H3,(H,22,25)(H,23,24). The van der Waals surface area contributed by atoms with Crippen LogP contribution in [-0.4, -0.2) is 16.1 Å². The van der Waals surface area contributed by atoms with Gasteiger partial charge in [0.05, 0.1) is 23.0 Å². The zero-order valence-corrected chi connectivity index (χ0v) is 16.9. The quantitative estimate of drug-likeness (QED) is 0.548. The van der Waals surface area contributed by atoms with Crippen LogP contribution in [-0.2, 0) is 24.5 Å². The van der Waals surface area contributed by atoms with E-state index in [0.29, 0.717) is 25.5 Å². The number of nitrogens with one attached hydrogen (secondary N) is 2. The van der Waals surface area contributed by atoms with Gasteiger partial charge in [0.1, 0.15) is 12.4 Å². The van der Waals surface area contributed by atoms with Crippen LogP contribution >= 0.6 is 15.9 Å². The highest BCUT2D eigenvalue weighted by Crippen LogP contribution is 2.25. The molecule has 27 heavy (non-hydrogen) atoms. The zero-order chi connectivity index (χ0) is 19.2. The number of carbonyl (C=O) groups is 1. The van der Waals surface area contributed by atoms with E-state index < -0.39 is 0 Å². The summed E-state index contributed by atoms with van der Waals surface area (Å²) >= 11 is 3.46. The van der Waals surface area contributed by atoms with E-state index in [1.165, 1.54) is 0 Å². The molecule has 0 bridgehead atoms. The van der Waals surface area contributed by atoms with Crippen molar-refractivity contribution in [3.05, 3.63) is 75.4 Å². The van der Waals surface area contributed by atoms with Crippen LogP contribution in [0, 0.1) is 0 Å². The Hall–Kier alpha value is -2.38. The van der Waals surface area contributed by atoms with Crippen molar-refractivity contribution in [2.75, 3.05) is 0 Å². The molecule has 0 aliphatic heterocycles. The van der Waals surface area contributed by atoms with Gasteiger partial charge in [0.2, 0.25) is 0 Å². The lowest BCUT2D eigenvalue weighted by molar-refractivity contribution is 0.0928. The average Bonchev–Trinajstić information content (AvgIpc) is 3.30. The number of nitrogens with zero attached hydrogens (tertiary/aromatic N) is 1. The van der Waals surface area contributed by atoms with Crippen LogP contribution in [0.3, 0.4) is 0 Å². The number of halogens is 1. The number of amides is 1. The van der Waals surface area contributed by atoms with Gasteiger partial charge in [-0.15, -0.1) is 0 Å². The van der Waals surface area contributed by atoms with Crippen molar-refractivity contribution in [3.63, 3.8) is 0 Å². The van der Waals surface area contributed by atoms with E-state index in [1.807, 2.05) is 50.2 Å². The van der Waals surface area contributed by atoms with Gasteiger partial charge in [0.25, 0.3) is 5.91 Å². The number of rotatable bonds is 8. The maximum Gasteiger partial charge on any atom is 0.273 e. The Bertz CT molecular complexity index is 888. The predicted molar refractivity (Wildman–Crippen MR) is 105 cm³/mol. The second-order valence-electron chi connectivity index (χ2n) is 6.53. The Morgan fingerprint density at radius 1 is 1.26 bits per heavy atom. The first-order chi connectivity index (χ1) is 13.0. The van der Waals surface area contributed by atoms with E-state index in [9.17, 15) is 4.79 Å². The van der Waals surface area contributed by atoms with Gasteiger partial charge in [0.15, 0.2) is 5.69 Å². The fraction of sp³-hybridized carbons (Fsp3) is 0.300. The van der Waals surface area contributed by atoms with Gasteiger partial charge in [-0.2, -0.15) is 5.10 Å². The summed E-state index contributed by atoms with van der Waals surface area (Å²) < 4.78 is 11.6. The lowest BCUT2D eigenvalue weighted by atomic mass is 10.1. The Balaban J connectivity index is 1.54. The molecule has 0 saturated carbocycles. The van der Waals surface area contributed by atoms with Crippen molar-refractivity contribution < 1.29 is 13.9 Å². The molecule has 3 rings (SSSR count). The third kappa shape index (κ3) is 5.08. The number of aromatic nitrogens is 2. The van der Waals surface area contributed by atoms with Crippen LogP contribution in [0.2, 0.25) is 0 Å². The molecule has 0 aliphatic carbocycles. The molecule has 1 amide bonds. The van der Waals surface area contributed by atoms with E-state index in [-0.39, 0.29) is 11.8 Å². The van der Waals surface area contributed by atoms with Crippen LogP contribution in [0.25, 0.3) is 0 Å². The fourth-order valence-corrected chi connectivity index (χ4v) is 3.45.